The fourth-order valence-corrected chi connectivity index (χ4v) is 4.53. The molecule has 29 heavy (non-hydrogen) atoms. The summed E-state index contributed by atoms with van der Waals surface area (Å²) in [6, 6.07) is 14.0. The zero-order chi connectivity index (χ0) is 20.6. The molecule has 1 fully saturated rings. The molecular formula is C22H26ClN3OS2. The topological polar surface area (TPSA) is 44.4 Å². The highest BCUT2D eigenvalue weighted by atomic mass is 35.5. The molecule has 0 atom stereocenters. The molecule has 2 aromatic carbocycles. The highest BCUT2D eigenvalue weighted by molar-refractivity contribution is 7.98. The molecule has 0 bridgehead atoms. The monoisotopic (exact) mass is 447 g/mol. The Morgan fingerprint density at radius 1 is 1.24 bits per heavy atom. The van der Waals surface area contributed by atoms with E-state index >= 15 is 0 Å². The molecule has 0 unspecified atom stereocenters. The fraction of sp³-hybridized carbons (Fsp3) is 0.364. The largest absolute Gasteiger partial charge is 0.362 e. The molecule has 3 rings (SSSR count). The van der Waals surface area contributed by atoms with Gasteiger partial charge in [0.1, 0.15) is 0 Å². The van der Waals surface area contributed by atoms with Crippen molar-refractivity contribution in [3.8, 4) is 0 Å². The molecule has 1 heterocycles. The lowest BCUT2D eigenvalue weighted by Crippen LogP contribution is -2.29. The Morgan fingerprint density at radius 2 is 2.03 bits per heavy atom. The maximum Gasteiger partial charge on any atom is 0.227 e. The second-order valence-corrected chi connectivity index (χ2v) is 9.01. The first-order chi connectivity index (χ1) is 14.0. The first-order valence-corrected chi connectivity index (χ1v) is 11.7. The van der Waals surface area contributed by atoms with E-state index in [1.807, 2.05) is 53.9 Å². The number of rotatable bonds is 8. The standard InChI is InChI=1S/C22H26ClN3OS2/c1-16-14-19(9-10-20(16)26-12-2-4-21(26)27)25-22(28)24-11-3-13-29-15-17-5-7-18(23)8-6-17/h5-10,14H,2-4,11-13,15H2,1H3,(H2,24,25,28). The van der Waals surface area contributed by atoms with Gasteiger partial charge in [0, 0.05) is 41.7 Å². The van der Waals surface area contributed by atoms with E-state index in [0.29, 0.717) is 11.5 Å². The van der Waals surface area contributed by atoms with E-state index in [4.69, 9.17) is 23.8 Å². The molecule has 1 aliphatic rings. The number of nitrogens with one attached hydrogen (secondary N) is 2. The van der Waals surface area contributed by atoms with Crippen LogP contribution < -0.4 is 15.5 Å². The van der Waals surface area contributed by atoms with Crippen LogP contribution in [0, 0.1) is 6.92 Å². The number of hydrogen-bond donors (Lipinski definition) is 2. The van der Waals surface area contributed by atoms with Crippen molar-refractivity contribution in [3.05, 3.63) is 58.6 Å². The number of hydrogen-bond acceptors (Lipinski definition) is 3. The normalized spacial score (nSPS) is 13.6. The number of benzene rings is 2. The summed E-state index contributed by atoms with van der Waals surface area (Å²) in [4.78, 5) is 13.8. The van der Waals surface area contributed by atoms with Crippen molar-refractivity contribution in [2.24, 2.45) is 0 Å². The summed E-state index contributed by atoms with van der Waals surface area (Å²) in [5, 5.41) is 7.89. The Balaban J connectivity index is 1.35. The van der Waals surface area contributed by atoms with E-state index in [9.17, 15) is 4.79 Å². The summed E-state index contributed by atoms with van der Waals surface area (Å²) in [5.41, 5.74) is 4.30. The predicted molar refractivity (Wildman–Crippen MR) is 129 cm³/mol. The van der Waals surface area contributed by atoms with Crippen molar-refractivity contribution >= 4 is 58.0 Å². The van der Waals surface area contributed by atoms with E-state index in [1.54, 1.807) is 0 Å². The Bertz CT molecular complexity index is 858. The lowest BCUT2D eigenvalue weighted by atomic mass is 10.1. The molecule has 4 nitrogen and oxygen atoms in total. The maximum absolute atomic E-state index is 11.9. The second kappa shape index (κ2) is 10.9. The SMILES string of the molecule is Cc1cc(NC(=S)NCCCSCc2ccc(Cl)cc2)ccc1N1CCCC1=O. The van der Waals surface area contributed by atoms with Gasteiger partial charge in [0.25, 0.3) is 0 Å². The maximum atomic E-state index is 11.9. The van der Waals surface area contributed by atoms with Crippen molar-refractivity contribution in [2.45, 2.75) is 31.9 Å². The van der Waals surface area contributed by atoms with Gasteiger partial charge in [-0.3, -0.25) is 4.79 Å². The van der Waals surface area contributed by atoms with Crippen LogP contribution in [0.2, 0.25) is 5.02 Å². The molecule has 0 saturated carbocycles. The van der Waals surface area contributed by atoms with E-state index < -0.39 is 0 Å². The molecule has 1 saturated heterocycles. The van der Waals surface area contributed by atoms with Crippen LogP contribution in [0.25, 0.3) is 0 Å². The first kappa shape index (κ1) is 21.9. The molecule has 0 spiro atoms. The van der Waals surface area contributed by atoms with Crippen molar-refractivity contribution in [1.82, 2.24) is 5.32 Å². The molecule has 1 amide bonds. The average molecular weight is 448 g/mol. The molecule has 0 aliphatic carbocycles. The first-order valence-electron chi connectivity index (χ1n) is 9.81. The summed E-state index contributed by atoms with van der Waals surface area (Å²) in [6.45, 7) is 3.67. The zero-order valence-corrected chi connectivity index (χ0v) is 18.9. The minimum Gasteiger partial charge on any atom is -0.362 e. The number of carbonyl (C=O) groups excluding carboxylic acids is 1. The quantitative estimate of drug-likeness (QED) is 0.419. The van der Waals surface area contributed by atoms with E-state index in [1.165, 1.54) is 5.56 Å². The third kappa shape index (κ3) is 6.63. The fourth-order valence-electron chi connectivity index (χ4n) is 3.26. The van der Waals surface area contributed by atoms with Crippen molar-refractivity contribution in [2.75, 3.05) is 29.1 Å². The van der Waals surface area contributed by atoms with E-state index in [-0.39, 0.29) is 5.91 Å². The summed E-state index contributed by atoms with van der Waals surface area (Å²) in [5.74, 6) is 2.26. The Hall–Kier alpha value is -1.76. The van der Waals surface area contributed by atoms with Crippen LogP contribution in [0.1, 0.15) is 30.4 Å². The van der Waals surface area contributed by atoms with Gasteiger partial charge in [-0.15, -0.1) is 0 Å². The molecule has 1 aliphatic heterocycles. The molecular weight excluding hydrogens is 422 g/mol. The summed E-state index contributed by atoms with van der Waals surface area (Å²) < 4.78 is 0. The van der Waals surface area contributed by atoms with Gasteiger partial charge in [-0.2, -0.15) is 11.8 Å². The lowest BCUT2D eigenvalue weighted by molar-refractivity contribution is -0.117. The highest BCUT2D eigenvalue weighted by Gasteiger charge is 2.22. The molecule has 7 heteroatoms. The number of thiocarbonyl (C=S) groups is 1. The molecule has 0 aromatic heterocycles. The summed E-state index contributed by atoms with van der Waals surface area (Å²) in [6.07, 6.45) is 2.62. The predicted octanol–water partition coefficient (Wildman–Crippen LogP) is 5.39. The molecule has 154 valence electrons. The third-order valence-corrected chi connectivity index (χ3v) is 6.37. The minimum atomic E-state index is 0.208. The number of amides is 1. The Labute approximate surface area is 187 Å². The smallest absolute Gasteiger partial charge is 0.227 e. The van der Waals surface area contributed by atoms with E-state index in [2.05, 4.69) is 22.8 Å². The van der Waals surface area contributed by atoms with Crippen LogP contribution in [0.4, 0.5) is 11.4 Å². The van der Waals surface area contributed by atoms with Crippen molar-refractivity contribution < 1.29 is 4.79 Å². The Morgan fingerprint density at radius 3 is 2.72 bits per heavy atom. The van der Waals surface area contributed by atoms with Crippen LogP contribution in [0.3, 0.4) is 0 Å². The van der Waals surface area contributed by atoms with Gasteiger partial charge in [-0.05, 0) is 79.2 Å². The number of thioether (sulfide) groups is 1. The van der Waals surface area contributed by atoms with Crippen LogP contribution in [-0.4, -0.2) is 29.9 Å². The van der Waals surface area contributed by atoms with E-state index in [0.717, 1.165) is 59.4 Å². The van der Waals surface area contributed by atoms with Gasteiger partial charge in [-0.1, -0.05) is 23.7 Å². The van der Waals surface area contributed by atoms with Crippen molar-refractivity contribution in [1.29, 1.82) is 0 Å². The van der Waals surface area contributed by atoms with Gasteiger partial charge in [0.2, 0.25) is 5.91 Å². The summed E-state index contributed by atoms with van der Waals surface area (Å²) >= 11 is 13.2. The zero-order valence-electron chi connectivity index (χ0n) is 16.5. The average Bonchev–Trinajstić information content (AvgIpc) is 3.12. The number of halogens is 1. The van der Waals surface area contributed by atoms with Gasteiger partial charge in [0.05, 0.1) is 0 Å². The van der Waals surface area contributed by atoms with Crippen LogP contribution >= 0.6 is 35.6 Å². The van der Waals surface area contributed by atoms with Gasteiger partial charge in [-0.25, -0.2) is 0 Å². The number of nitrogens with zero attached hydrogens (tertiary/aromatic N) is 1. The number of aryl methyl sites for hydroxylation is 1. The second-order valence-electron chi connectivity index (χ2n) is 7.06. The number of carbonyl (C=O) groups is 1. The van der Waals surface area contributed by atoms with Gasteiger partial charge < -0.3 is 15.5 Å². The Kier molecular flexibility index (Phi) is 8.21. The van der Waals surface area contributed by atoms with Crippen LogP contribution in [0.15, 0.2) is 42.5 Å². The lowest BCUT2D eigenvalue weighted by Gasteiger charge is -2.19. The minimum absolute atomic E-state index is 0.208. The van der Waals surface area contributed by atoms with Crippen molar-refractivity contribution in [3.63, 3.8) is 0 Å². The third-order valence-electron chi connectivity index (χ3n) is 4.75. The molecule has 0 radical (unpaired) electrons. The van der Waals surface area contributed by atoms with Crippen LogP contribution in [-0.2, 0) is 10.5 Å². The highest BCUT2D eigenvalue weighted by Crippen LogP contribution is 2.27. The summed E-state index contributed by atoms with van der Waals surface area (Å²) in [7, 11) is 0. The molecule has 2 aromatic rings. The van der Waals surface area contributed by atoms with Gasteiger partial charge in [0.15, 0.2) is 5.11 Å². The van der Waals surface area contributed by atoms with Gasteiger partial charge >= 0.3 is 0 Å². The molecule has 2 N–H and O–H groups in total. The van der Waals surface area contributed by atoms with Crippen LogP contribution in [0.5, 0.6) is 0 Å². The number of anilines is 2.